The van der Waals surface area contributed by atoms with Crippen LogP contribution in [0.1, 0.15) is 33.5 Å². The number of hydrogen-bond acceptors (Lipinski definition) is 12. The minimum absolute atomic E-state index is 0. The Labute approximate surface area is 392 Å². The molecule has 8 rings (SSSR count). The van der Waals surface area contributed by atoms with Crippen LogP contribution in [0.2, 0.25) is 0 Å². The average Bonchev–Trinajstić information content (AvgIpc) is 4.13. The third-order valence-corrected chi connectivity index (χ3v) is 11.0. The fraction of sp³-hybridized carbons (Fsp3) is 0.182. The Bertz CT molecular complexity index is 2720. The van der Waals surface area contributed by atoms with Crippen molar-refractivity contribution >= 4 is 78.6 Å². The van der Waals surface area contributed by atoms with Gasteiger partial charge in [-0.2, -0.15) is 0 Å². The predicted octanol–water partition coefficient (Wildman–Crippen LogP) is 7.27. The first-order chi connectivity index (χ1) is 28.7. The smallest absolute Gasteiger partial charge is 1.00 e. The number of hydrogen-bond donors (Lipinski definition) is 1. The first kappa shape index (κ1) is 46.2. The molecule has 1 N–H and O–H groups in total. The molecule has 0 aliphatic rings. The largest absolute Gasteiger partial charge is 1.00 e. The molecule has 306 valence electrons. The molecular weight excluding hydrogens is 927 g/mol. The minimum Gasteiger partial charge on any atom is -1.00 e. The number of carbonyl (C=O) groups is 2. The Morgan fingerprint density at radius 1 is 0.617 bits per heavy atom. The zero-order valence-corrected chi connectivity index (χ0v) is 40.3. The van der Waals surface area contributed by atoms with Crippen LogP contribution in [0.25, 0.3) is 42.9 Å². The van der Waals surface area contributed by atoms with Crippen LogP contribution < -0.4 is 58.0 Å². The van der Waals surface area contributed by atoms with Gasteiger partial charge in [0.25, 0.3) is 0 Å². The van der Waals surface area contributed by atoms with E-state index in [0.717, 1.165) is 42.9 Å². The molecule has 16 heteroatoms. The number of H-pyrrole nitrogens is 1. The summed E-state index contributed by atoms with van der Waals surface area (Å²) in [7, 11) is 11.1. The van der Waals surface area contributed by atoms with E-state index < -0.39 is 0 Å². The number of ketones is 2. The number of aryl methyl sites for hydroxylation is 1. The van der Waals surface area contributed by atoms with Crippen LogP contribution in [0.15, 0.2) is 96.0 Å². The van der Waals surface area contributed by atoms with E-state index in [1.165, 1.54) is 65.3 Å². The number of nitrogens with zero attached hydrogens (tertiary/aromatic N) is 3. The normalized spacial score (nSPS) is 10.4. The summed E-state index contributed by atoms with van der Waals surface area (Å²) in [4.78, 5) is 40.3. The van der Waals surface area contributed by atoms with E-state index in [4.69, 9.17) is 28.4 Å². The summed E-state index contributed by atoms with van der Waals surface area (Å²) in [5.74, 6) is 2.21. The fourth-order valence-electron chi connectivity index (χ4n) is 6.34. The number of aromatic amines is 1. The molecule has 0 atom stereocenters. The maximum absolute atomic E-state index is 13.0. The topological polar surface area (TPSA) is 136 Å². The van der Waals surface area contributed by atoms with Crippen LogP contribution in [0.5, 0.6) is 34.5 Å². The molecule has 0 spiro atoms. The van der Waals surface area contributed by atoms with E-state index in [-0.39, 0.29) is 42.6 Å². The second-order valence-corrected chi connectivity index (χ2v) is 14.3. The summed E-state index contributed by atoms with van der Waals surface area (Å²) < 4.78 is 34.1. The molecule has 0 amide bonds. The fourth-order valence-corrected chi connectivity index (χ4v) is 7.94. The second kappa shape index (κ2) is 21.1. The average molecular weight is 969 g/mol. The number of nitrogens with one attached hydrogen (secondary N) is 1. The van der Waals surface area contributed by atoms with Crippen molar-refractivity contribution in [2.24, 2.45) is 7.05 Å². The summed E-state index contributed by atoms with van der Waals surface area (Å²) >= 11 is 5.03. The maximum Gasteiger partial charge on any atom is 1.00 e. The summed E-state index contributed by atoms with van der Waals surface area (Å²) in [6, 6.07) is 22.8. The van der Waals surface area contributed by atoms with Gasteiger partial charge in [0.05, 0.1) is 42.7 Å². The minimum atomic E-state index is -0.204. The van der Waals surface area contributed by atoms with Gasteiger partial charge < -0.3 is 39.4 Å². The van der Waals surface area contributed by atoms with Crippen LogP contribution in [0.4, 0.5) is 0 Å². The molecule has 0 saturated carbocycles. The van der Waals surface area contributed by atoms with Gasteiger partial charge in [0.15, 0.2) is 23.0 Å². The van der Waals surface area contributed by atoms with E-state index >= 15 is 0 Å². The Balaban J connectivity index is 0.000000250. The summed E-state index contributed by atoms with van der Waals surface area (Å²) in [5.41, 5.74) is 5.78. The number of carbonyl (C=O) groups excluding carboxylic acids is 2. The van der Waals surface area contributed by atoms with Crippen molar-refractivity contribution in [1.82, 2.24) is 19.5 Å². The maximum atomic E-state index is 13.0. The van der Waals surface area contributed by atoms with Crippen LogP contribution in [-0.2, 0) is 7.05 Å². The van der Waals surface area contributed by atoms with Crippen LogP contribution in [-0.4, -0.2) is 78.7 Å². The SMILES string of the molecule is CI.COc1cc(C(=O)c2csc(-c3ccc4[nH]ccc4c3)n2)cc(OC)c1OC.COc1cc(C(=O)c2csc(-c3ccc4c(ccn4C)c3)n2)cc(OC)c1OC.[H-].[Na+]. The standard InChI is InChI=1S/C22H20N2O4S.C21H18N2O4S.CH3I.Na.H/c1-24-8-7-13-9-14(5-6-17(13)24)22-23-16(12-29-22)20(25)15-10-18(26-2)21(28-4)19(11-15)27-3;1-25-17-9-14(10-18(26-2)20(17)27-3)19(24)16-11-28-21(23-16)13-4-5-15-12(8-13)6-7-22-15;1-2;;/h5-12H,1-4H3;4-11,22H,1-3H3;1H3;;/q;;;+1;-1. The molecular formula is C44H42IN4NaO8S2. The Hall–Kier alpha value is -4.91. The Morgan fingerprint density at radius 2 is 1.07 bits per heavy atom. The second-order valence-electron chi connectivity index (χ2n) is 12.5. The van der Waals surface area contributed by atoms with Gasteiger partial charge in [-0.05, 0) is 77.7 Å². The number of aromatic nitrogens is 4. The monoisotopic (exact) mass is 968 g/mol. The van der Waals surface area contributed by atoms with Gasteiger partial charge in [0.1, 0.15) is 21.4 Å². The van der Waals surface area contributed by atoms with E-state index in [9.17, 15) is 9.59 Å². The first-order valence-corrected chi connectivity index (χ1v) is 21.7. The summed E-state index contributed by atoms with van der Waals surface area (Å²) in [5, 5.41) is 7.37. The van der Waals surface area contributed by atoms with Gasteiger partial charge >= 0.3 is 29.6 Å². The van der Waals surface area contributed by atoms with Gasteiger partial charge in [-0.3, -0.25) is 9.59 Å². The number of fused-ring (bicyclic) bond motifs is 2. The van der Waals surface area contributed by atoms with Crippen molar-refractivity contribution in [3.05, 3.63) is 118 Å². The van der Waals surface area contributed by atoms with E-state index in [0.29, 0.717) is 57.0 Å². The van der Waals surface area contributed by atoms with Gasteiger partial charge in [-0.25, -0.2) is 9.97 Å². The van der Waals surface area contributed by atoms with E-state index in [1.54, 1.807) is 35.0 Å². The predicted molar refractivity (Wildman–Crippen MR) is 244 cm³/mol. The Morgan fingerprint density at radius 3 is 1.52 bits per heavy atom. The van der Waals surface area contributed by atoms with Gasteiger partial charge in [0.2, 0.25) is 23.1 Å². The van der Waals surface area contributed by atoms with Crippen molar-refractivity contribution in [1.29, 1.82) is 0 Å². The van der Waals surface area contributed by atoms with Crippen LogP contribution >= 0.6 is 45.3 Å². The number of benzene rings is 4. The third kappa shape index (κ3) is 9.66. The quantitative estimate of drug-likeness (QED) is 0.0577. The molecule has 4 heterocycles. The van der Waals surface area contributed by atoms with Crippen molar-refractivity contribution in [2.75, 3.05) is 47.6 Å². The van der Waals surface area contributed by atoms with Crippen molar-refractivity contribution in [3.8, 4) is 55.6 Å². The molecule has 4 aromatic heterocycles. The molecule has 0 radical (unpaired) electrons. The number of ether oxygens (including phenoxy) is 6. The number of thiazole rings is 2. The van der Waals surface area contributed by atoms with Crippen molar-refractivity contribution in [2.45, 2.75) is 0 Å². The van der Waals surface area contributed by atoms with Crippen LogP contribution in [0, 0.1) is 0 Å². The molecule has 0 fully saturated rings. The van der Waals surface area contributed by atoms with Crippen LogP contribution in [0.3, 0.4) is 0 Å². The molecule has 8 aromatic rings. The molecule has 60 heavy (non-hydrogen) atoms. The number of halogens is 1. The molecule has 0 aliphatic carbocycles. The summed E-state index contributed by atoms with van der Waals surface area (Å²) in [6.45, 7) is 0. The van der Waals surface area contributed by atoms with Crippen molar-refractivity contribution in [3.63, 3.8) is 0 Å². The third-order valence-electron chi connectivity index (χ3n) is 9.26. The first-order valence-electron chi connectivity index (χ1n) is 17.8. The number of alkyl halides is 1. The zero-order chi connectivity index (χ0) is 42.2. The molecule has 0 aliphatic heterocycles. The number of rotatable bonds is 12. The number of methoxy groups -OCH3 is 6. The summed E-state index contributed by atoms with van der Waals surface area (Å²) in [6.07, 6.45) is 3.92. The molecule has 0 saturated heterocycles. The van der Waals surface area contributed by atoms with Gasteiger partial charge in [-0.15, -0.1) is 22.7 Å². The van der Waals surface area contributed by atoms with E-state index in [1.807, 2.05) is 48.6 Å². The van der Waals surface area contributed by atoms with Gasteiger partial charge in [-0.1, -0.05) is 22.6 Å². The molecule has 12 nitrogen and oxygen atoms in total. The van der Waals surface area contributed by atoms with E-state index in [2.05, 4.69) is 66.4 Å². The molecule has 0 unspecified atom stereocenters. The van der Waals surface area contributed by atoms with Crippen molar-refractivity contribution < 1.29 is 69.0 Å². The molecule has 4 aromatic carbocycles. The van der Waals surface area contributed by atoms with Gasteiger partial charge in [0, 0.05) is 74.3 Å². The zero-order valence-electron chi connectivity index (χ0n) is 35.5. The molecule has 0 bridgehead atoms. The Kier molecular flexibility index (Phi) is 16.2.